The molecule has 41 heavy (non-hydrogen) atoms. The molecule has 0 radical (unpaired) electrons. The highest BCUT2D eigenvalue weighted by molar-refractivity contribution is 5.87. The van der Waals surface area contributed by atoms with E-state index < -0.39 is 41.8 Å². The average Bonchev–Trinajstić information content (AvgIpc) is 3.28. The van der Waals surface area contributed by atoms with E-state index in [1.165, 1.54) is 25.3 Å². The lowest BCUT2D eigenvalue weighted by Gasteiger charge is -2.36. The molecule has 224 valence electrons. The molecule has 2 aromatic carbocycles. The minimum Gasteiger partial charge on any atom is -0.496 e. The summed E-state index contributed by atoms with van der Waals surface area (Å²) in [6, 6.07) is 11.0. The molecule has 2 N–H and O–H groups in total. The Labute approximate surface area is 239 Å². The summed E-state index contributed by atoms with van der Waals surface area (Å²) >= 11 is 0. The number of rotatable bonds is 8. The van der Waals surface area contributed by atoms with Crippen molar-refractivity contribution >= 4 is 11.9 Å². The number of carboxylic acids is 1. The molecule has 1 amide bonds. The summed E-state index contributed by atoms with van der Waals surface area (Å²) in [7, 11) is 1.43. The van der Waals surface area contributed by atoms with Crippen LogP contribution in [0.4, 0.5) is 13.2 Å². The van der Waals surface area contributed by atoms with E-state index in [2.05, 4.69) is 10.1 Å². The number of nitrogens with one attached hydrogen (secondary N) is 1. The molecule has 0 aromatic heterocycles. The van der Waals surface area contributed by atoms with Gasteiger partial charge in [0, 0.05) is 30.0 Å². The third kappa shape index (κ3) is 6.97. The van der Waals surface area contributed by atoms with E-state index in [0.717, 1.165) is 37.7 Å². The highest BCUT2D eigenvalue weighted by Gasteiger charge is 2.58. The third-order valence-electron chi connectivity index (χ3n) is 8.28. The highest BCUT2D eigenvalue weighted by Crippen LogP contribution is 2.49. The van der Waals surface area contributed by atoms with Gasteiger partial charge in [0.05, 0.1) is 13.2 Å². The van der Waals surface area contributed by atoms with Crippen LogP contribution in [0.15, 0.2) is 48.5 Å². The van der Waals surface area contributed by atoms with Crippen LogP contribution in [0.3, 0.4) is 0 Å². The van der Waals surface area contributed by atoms with Crippen LogP contribution in [0.2, 0.25) is 0 Å². The summed E-state index contributed by atoms with van der Waals surface area (Å²) in [6.07, 6.45) is -0.483. The SMILES string of the molecule is COc1ccc(OC(F)(F)F)cc1CN[C@H]1[C@H](C(C)(C)C)[C@@H](C(=O)O)N(C(=O)C2CCCCC2)[C@H]1c1ccccc1. The molecule has 7 nitrogen and oxygen atoms in total. The maximum Gasteiger partial charge on any atom is 0.573 e. The van der Waals surface area contributed by atoms with E-state index in [1.807, 2.05) is 51.1 Å². The molecule has 1 saturated carbocycles. The maximum atomic E-state index is 14.2. The van der Waals surface area contributed by atoms with Crippen molar-refractivity contribution in [3.8, 4) is 11.5 Å². The van der Waals surface area contributed by atoms with Crippen LogP contribution < -0.4 is 14.8 Å². The molecule has 1 heterocycles. The number of alkyl halides is 3. The minimum absolute atomic E-state index is 0.0661. The Hall–Kier alpha value is -3.27. The van der Waals surface area contributed by atoms with E-state index >= 15 is 0 Å². The number of nitrogens with zero attached hydrogens (tertiary/aromatic N) is 1. The lowest BCUT2D eigenvalue weighted by Crippen LogP contribution is -2.49. The number of methoxy groups -OCH3 is 1. The first kappa shape index (κ1) is 30.7. The van der Waals surface area contributed by atoms with Crippen molar-refractivity contribution in [2.45, 2.75) is 83.9 Å². The number of aliphatic carboxylic acids is 1. The number of likely N-dealkylation sites (tertiary alicyclic amines) is 1. The van der Waals surface area contributed by atoms with Crippen molar-refractivity contribution < 1.29 is 37.3 Å². The second-order valence-electron chi connectivity index (χ2n) is 12.0. The van der Waals surface area contributed by atoms with Crippen LogP contribution in [0.1, 0.15) is 70.0 Å². The third-order valence-corrected chi connectivity index (χ3v) is 8.28. The predicted molar refractivity (Wildman–Crippen MR) is 147 cm³/mol. The van der Waals surface area contributed by atoms with Crippen LogP contribution >= 0.6 is 0 Å². The fourth-order valence-corrected chi connectivity index (χ4v) is 6.61. The Kier molecular flexibility index (Phi) is 9.21. The van der Waals surface area contributed by atoms with Crippen molar-refractivity contribution in [3.63, 3.8) is 0 Å². The molecule has 1 saturated heterocycles. The number of hydrogen-bond donors (Lipinski definition) is 2. The topological polar surface area (TPSA) is 88.1 Å². The van der Waals surface area contributed by atoms with Gasteiger partial charge in [-0.1, -0.05) is 70.4 Å². The number of ether oxygens (including phenoxy) is 2. The van der Waals surface area contributed by atoms with Crippen LogP contribution in [0, 0.1) is 17.3 Å². The second kappa shape index (κ2) is 12.3. The van der Waals surface area contributed by atoms with E-state index in [1.54, 1.807) is 4.90 Å². The number of carbonyl (C=O) groups excluding carboxylic acids is 1. The molecule has 0 bridgehead atoms. The molecule has 4 rings (SSSR count). The molecule has 2 aromatic rings. The zero-order valence-electron chi connectivity index (χ0n) is 23.9. The molecule has 1 aliphatic carbocycles. The normalized spacial score (nSPS) is 23.8. The summed E-state index contributed by atoms with van der Waals surface area (Å²) in [5.74, 6) is -2.00. The van der Waals surface area contributed by atoms with Gasteiger partial charge in [0.2, 0.25) is 5.91 Å². The van der Waals surface area contributed by atoms with Gasteiger partial charge in [-0.05, 0) is 42.0 Å². The Morgan fingerprint density at radius 2 is 1.68 bits per heavy atom. The van der Waals surface area contributed by atoms with Crippen molar-refractivity contribution in [2.75, 3.05) is 7.11 Å². The van der Waals surface area contributed by atoms with Crippen molar-refractivity contribution in [1.82, 2.24) is 10.2 Å². The van der Waals surface area contributed by atoms with Gasteiger partial charge in [-0.3, -0.25) is 4.79 Å². The number of benzene rings is 2. The quantitative estimate of drug-likeness (QED) is 0.382. The van der Waals surface area contributed by atoms with Crippen molar-refractivity contribution in [3.05, 3.63) is 59.7 Å². The molecule has 2 aliphatic rings. The van der Waals surface area contributed by atoms with Gasteiger partial charge in [-0.2, -0.15) is 0 Å². The standard InChI is InChI=1S/C31H39F3N2O5/c1-30(2,3)24-25(35-18-21-17-22(41-31(32,33)34)15-16-23(21)40-4)26(19-11-7-5-8-12-19)36(27(24)29(38)39)28(37)20-13-9-6-10-14-20/h5,7-8,11-12,15-17,20,24-27,35H,6,9-10,13-14,18H2,1-4H3,(H,38,39)/t24-,25-,26-,27-/m0/s1. The first-order chi connectivity index (χ1) is 19.3. The van der Waals surface area contributed by atoms with Crippen LogP contribution in [0.25, 0.3) is 0 Å². The van der Waals surface area contributed by atoms with Gasteiger partial charge in [0.1, 0.15) is 17.5 Å². The number of carboxylic acid groups (broad SMARTS) is 1. The fourth-order valence-electron chi connectivity index (χ4n) is 6.61. The molecule has 4 atom stereocenters. The molecule has 1 aliphatic heterocycles. The van der Waals surface area contributed by atoms with Gasteiger partial charge >= 0.3 is 12.3 Å². The summed E-state index contributed by atoms with van der Waals surface area (Å²) in [5, 5.41) is 14.1. The summed E-state index contributed by atoms with van der Waals surface area (Å²) in [5.41, 5.74) is 0.673. The van der Waals surface area contributed by atoms with Crippen LogP contribution in [-0.4, -0.2) is 47.4 Å². The van der Waals surface area contributed by atoms with Crippen LogP contribution in [-0.2, 0) is 16.1 Å². The Morgan fingerprint density at radius 3 is 2.24 bits per heavy atom. The van der Waals surface area contributed by atoms with Crippen molar-refractivity contribution in [1.29, 1.82) is 0 Å². The molecule has 2 fully saturated rings. The zero-order valence-corrected chi connectivity index (χ0v) is 23.9. The van der Waals surface area contributed by atoms with Gasteiger partial charge in [0.25, 0.3) is 0 Å². The van der Waals surface area contributed by atoms with Gasteiger partial charge in [-0.25, -0.2) is 4.79 Å². The average molecular weight is 577 g/mol. The van der Waals surface area contributed by atoms with E-state index in [4.69, 9.17) is 4.74 Å². The number of carbonyl (C=O) groups is 2. The van der Waals surface area contributed by atoms with Crippen molar-refractivity contribution in [2.24, 2.45) is 17.3 Å². The summed E-state index contributed by atoms with van der Waals surface area (Å²) < 4.78 is 48.4. The number of hydrogen-bond acceptors (Lipinski definition) is 5. The molecule has 0 spiro atoms. The van der Waals surface area contributed by atoms with Gasteiger partial charge < -0.3 is 24.8 Å². The summed E-state index contributed by atoms with van der Waals surface area (Å²) in [4.78, 5) is 28.7. The first-order valence-corrected chi connectivity index (χ1v) is 14.1. The smallest absolute Gasteiger partial charge is 0.496 e. The Morgan fingerprint density at radius 1 is 1.02 bits per heavy atom. The lowest BCUT2D eigenvalue weighted by molar-refractivity contribution is -0.274. The monoisotopic (exact) mass is 576 g/mol. The largest absolute Gasteiger partial charge is 0.573 e. The molecular weight excluding hydrogens is 537 g/mol. The minimum atomic E-state index is -4.85. The molecular formula is C31H39F3N2O5. The molecule has 0 unspecified atom stereocenters. The summed E-state index contributed by atoms with van der Waals surface area (Å²) in [6.45, 7) is 5.93. The zero-order chi connectivity index (χ0) is 29.9. The fraction of sp³-hybridized carbons (Fsp3) is 0.548. The number of amides is 1. The molecule has 10 heteroatoms. The van der Waals surface area contributed by atoms with E-state index in [9.17, 15) is 27.9 Å². The first-order valence-electron chi connectivity index (χ1n) is 14.1. The Bertz CT molecular complexity index is 1210. The highest BCUT2D eigenvalue weighted by atomic mass is 19.4. The Balaban J connectivity index is 1.78. The maximum absolute atomic E-state index is 14.2. The predicted octanol–water partition coefficient (Wildman–Crippen LogP) is 6.33. The van der Waals surface area contributed by atoms with Gasteiger partial charge in [-0.15, -0.1) is 13.2 Å². The second-order valence-corrected chi connectivity index (χ2v) is 12.0. The number of halogens is 3. The lowest BCUT2D eigenvalue weighted by atomic mass is 9.72. The van der Waals surface area contributed by atoms with E-state index in [-0.39, 0.29) is 24.1 Å². The van der Waals surface area contributed by atoms with Gasteiger partial charge in [0.15, 0.2) is 0 Å². The van der Waals surface area contributed by atoms with E-state index in [0.29, 0.717) is 11.3 Å². The van der Waals surface area contributed by atoms with Crippen LogP contribution in [0.5, 0.6) is 11.5 Å².